The van der Waals surface area contributed by atoms with Gasteiger partial charge >= 0.3 is 0 Å². The highest BCUT2D eigenvalue weighted by Gasteiger charge is 2.21. The van der Waals surface area contributed by atoms with E-state index in [1.807, 2.05) is 39.0 Å². The van der Waals surface area contributed by atoms with Crippen molar-refractivity contribution in [1.82, 2.24) is 14.9 Å². The summed E-state index contributed by atoms with van der Waals surface area (Å²) in [6.07, 6.45) is 0.807. The summed E-state index contributed by atoms with van der Waals surface area (Å²) in [6, 6.07) is 7.32. The van der Waals surface area contributed by atoms with E-state index in [-0.39, 0.29) is 22.8 Å². The summed E-state index contributed by atoms with van der Waals surface area (Å²) in [4.78, 5) is 29.8. The number of hydrogen-bond acceptors (Lipinski definition) is 5. The maximum atomic E-state index is 12.9. The molecular weight excluding hydrogens is 338 g/mol. The lowest BCUT2D eigenvalue weighted by atomic mass is 10.2. The molecule has 1 aromatic carbocycles. The molecule has 0 fully saturated rings. The molecule has 2 aromatic rings. The fourth-order valence-corrected chi connectivity index (χ4v) is 3.45. The number of para-hydroxylation sites is 1. The fraction of sp³-hybridized carbons (Fsp3) is 0.500. The van der Waals surface area contributed by atoms with Crippen LogP contribution in [0.2, 0.25) is 0 Å². The second-order valence-electron chi connectivity index (χ2n) is 5.89. The van der Waals surface area contributed by atoms with Crippen LogP contribution in [0.5, 0.6) is 0 Å². The number of amides is 1. The molecule has 2 rings (SSSR count). The van der Waals surface area contributed by atoms with Gasteiger partial charge in [-0.25, -0.2) is 4.98 Å². The molecule has 0 aliphatic carbocycles. The van der Waals surface area contributed by atoms with Crippen molar-refractivity contribution in [3.63, 3.8) is 0 Å². The lowest BCUT2D eigenvalue weighted by Gasteiger charge is -2.20. The van der Waals surface area contributed by atoms with Gasteiger partial charge in [0, 0.05) is 19.7 Å². The lowest BCUT2D eigenvalue weighted by molar-refractivity contribution is -0.120. The van der Waals surface area contributed by atoms with Crippen molar-refractivity contribution in [1.29, 1.82) is 0 Å². The molecule has 136 valence electrons. The number of rotatable bonds is 8. The number of ether oxygens (including phenoxy) is 1. The molecule has 0 spiro atoms. The number of nitrogens with one attached hydrogen (secondary N) is 1. The van der Waals surface area contributed by atoms with Gasteiger partial charge < -0.3 is 10.1 Å². The minimum atomic E-state index is -0.361. The summed E-state index contributed by atoms with van der Waals surface area (Å²) in [5.41, 5.74) is 0.594. The van der Waals surface area contributed by atoms with Crippen LogP contribution in [0, 0.1) is 0 Å². The zero-order chi connectivity index (χ0) is 18.4. The van der Waals surface area contributed by atoms with Crippen molar-refractivity contribution in [2.75, 3.05) is 20.3 Å². The molecular formula is C18H25N3O3S. The molecule has 1 aromatic heterocycles. The highest BCUT2D eigenvalue weighted by molar-refractivity contribution is 8.00. The van der Waals surface area contributed by atoms with E-state index in [4.69, 9.17) is 4.74 Å². The zero-order valence-corrected chi connectivity index (χ0v) is 15.9. The Labute approximate surface area is 152 Å². The van der Waals surface area contributed by atoms with Crippen molar-refractivity contribution in [3.8, 4) is 0 Å². The highest BCUT2D eigenvalue weighted by Crippen LogP contribution is 2.25. The van der Waals surface area contributed by atoms with Gasteiger partial charge in [0.25, 0.3) is 5.56 Å². The second kappa shape index (κ2) is 9.01. The first-order valence-electron chi connectivity index (χ1n) is 8.44. The number of nitrogens with zero attached hydrogens (tertiary/aromatic N) is 2. The molecule has 2 atom stereocenters. The molecule has 1 heterocycles. The number of benzene rings is 1. The third-order valence-corrected chi connectivity index (χ3v) is 5.13. The number of fused-ring (bicyclic) bond motifs is 1. The fourth-order valence-electron chi connectivity index (χ4n) is 2.41. The van der Waals surface area contributed by atoms with E-state index in [0.717, 1.165) is 6.42 Å². The molecule has 25 heavy (non-hydrogen) atoms. The highest BCUT2D eigenvalue weighted by atomic mass is 32.2. The summed E-state index contributed by atoms with van der Waals surface area (Å²) in [6.45, 7) is 6.76. The maximum Gasteiger partial charge on any atom is 0.262 e. The molecule has 6 nitrogen and oxygen atoms in total. The summed E-state index contributed by atoms with van der Waals surface area (Å²) in [5, 5.41) is 3.63. The minimum Gasteiger partial charge on any atom is -0.383 e. The average molecular weight is 363 g/mol. The van der Waals surface area contributed by atoms with Crippen LogP contribution in [-0.4, -0.2) is 41.0 Å². The topological polar surface area (TPSA) is 73.2 Å². The third kappa shape index (κ3) is 4.61. The van der Waals surface area contributed by atoms with E-state index in [1.54, 1.807) is 17.7 Å². The number of thioether (sulfide) groups is 1. The molecule has 0 aliphatic rings. The van der Waals surface area contributed by atoms with E-state index in [1.165, 1.54) is 11.8 Å². The molecule has 0 unspecified atom stereocenters. The smallest absolute Gasteiger partial charge is 0.262 e. The van der Waals surface area contributed by atoms with E-state index < -0.39 is 0 Å². The molecule has 7 heteroatoms. The summed E-state index contributed by atoms with van der Waals surface area (Å²) < 4.78 is 6.64. The van der Waals surface area contributed by atoms with Crippen LogP contribution in [0.1, 0.15) is 33.2 Å². The van der Waals surface area contributed by atoms with E-state index >= 15 is 0 Å². The van der Waals surface area contributed by atoms with Crippen molar-refractivity contribution >= 4 is 28.6 Å². The Morgan fingerprint density at radius 1 is 1.36 bits per heavy atom. The summed E-state index contributed by atoms with van der Waals surface area (Å²) >= 11 is 1.31. The Bertz CT molecular complexity index is 791. The van der Waals surface area contributed by atoms with Crippen molar-refractivity contribution in [2.45, 2.75) is 43.6 Å². The number of methoxy groups -OCH3 is 1. The predicted octanol–water partition coefficient (Wildman–Crippen LogP) is 2.61. The van der Waals surface area contributed by atoms with Crippen molar-refractivity contribution < 1.29 is 9.53 Å². The normalized spacial score (nSPS) is 13.6. The summed E-state index contributed by atoms with van der Waals surface area (Å²) in [5.74, 6) is -0.0971. The Kier molecular flexibility index (Phi) is 7.01. The first-order valence-corrected chi connectivity index (χ1v) is 9.32. The van der Waals surface area contributed by atoms with Gasteiger partial charge in [-0.05, 0) is 32.4 Å². The van der Waals surface area contributed by atoms with Crippen LogP contribution in [0.4, 0.5) is 0 Å². The van der Waals surface area contributed by atoms with Crippen LogP contribution < -0.4 is 10.9 Å². The maximum absolute atomic E-state index is 12.9. The van der Waals surface area contributed by atoms with Gasteiger partial charge in [0.05, 0.1) is 22.8 Å². The molecule has 0 radical (unpaired) electrons. The Hall–Kier alpha value is -1.86. The van der Waals surface area contributed by atoms with Crippen LogP contribution in [-0.2, 0) is 9.53 Å². The Balaban J connectivity index is 2.35. The molecule has 1 amide bonds. The van der Waals surface area contributed by atoms with Gasteiger partial charge in [0.2, 0.25) is 5.91 Å². The SMILES string of the molecule is CC[C@@H](C)n1c(S[C@H](C)C(=O)NCCOC)nc2ccccc2c1=O. The Morgan fingerprint density at radius 3 is 2.76 bits per heavy atom. The minimum absolute atomic E-state index is 0.0101. The molecule has 0 bridgehead atoms. The first kappa shape index (κ1) is 19.5. The van der Waals surface area contributed by atoms with Crippen LogP contribution in [0.15, 0.2) is 34.2 Å². The van der Waals surface area contributed by atoms with Gasteiger partial charge in [-0.1, -0.05) is 30.8 Å². The van der Waals surface area contributed by atoms with Crippen LogP contribution >= 0.6 is 11.8 Å². The van der Waals surface area contributed by atoms with E-state index in [0.29, 0.717) is 29.2 Å². The number of carbonyl (C=O) groups is 1. The first-order chi connectivity index (χ1) is 12.0. The number of carbonyl (C=O) groups excluding carboxylic acids is 1. The predicted molar refractivity (Wildman–Crippen MR) is 101 cm³/mol. The van der Waals surface area contributed by atoms with E-state index in [9.17, 15) is 9.59 Å². The quantitative estimate of drug-likeness (QED) is 0.443. The average Bonchev–Trinajstić information content (AvgIpc) is 2.61. The molecule has 1 N–H and O–H groups in total. The van der Waals surface area contributed by atoms with Gasteiger partial charge in [-0.15, -0.1) is 0 Å². The zero-order valence-electron chi connectivity index (χ0n) is 15.1. The van der Waals surface area contributed by atoms with Gasteiger partial charge in [0.15, 0.2) is 5.16 Å². The van der Waals surface area contributed by atoms with Gasteiger partial charge in [-0.2, -0.15) is 0 Å². The monoisotopic (exact) mass is 363 g/mol. The summed E-state index contributed by atoms with van der Waals surface area (Å²) in [7, 11) is 1.59. The van der Waals surface area contributed by atoms with Gasteiger partial charge in [-0.3, -0.25) is 14.2 Å². The van der Waals surface area contributed by atoms with Crippen molar-refractivity contribution in [2.24, 2.45) is 0 Å². The van der Waals surface area contributed by atoms with Crippen LogP contribution in [0.3, 0.4) is 0 Å². The standard InChI is InChI=1S/C18H25N3O3S/c1-5-12(2)21-17(23)14-8-6-7-9-15(14)20-18(21)25-13(3)16(22)19-10-11-24-4/h6-9,12-13H,5,10-11H2,1-4H3,(H,19,22)/t12-,13-/m1/s1. The molecule has 0 aliphatic heterocycles. The van der Waals surface area contributed by atoms with Gasteiger partial charge in [0.1, 0.15) is 0 Å². The van der Waals surface area contributed by atoms with Crippen LogP contribution in [0.25, 0.3) is 10.9 Å². The largest absolute Gasteiger partial charge is 0.383 e. The second-order valence-corrected chi connectivity index (χ2v) is 7.20. The van der Waals surface area contributed by atoms with Crippen molar-refractivity contribution in [3.05, 3.63) is 34.6 Å². The third-order valence-electron chi connectivity index (χ3n) is 4.06. The number of hydrogen-bond donors (Lipinski definition) is 1. The Morgan fingerprint density at radius 2 is 2.08 bits per heavy atom. The number of aromatic nitrogens is 2. The molecule has 0 saturated carbocycles. The lowest BCUT2D eigenvalue weighted by Crippen LogP contribution is -2.34. The molecule has 0 saturated heterocycles. The van der Waals surface area contributed by atoms with E-state index in [2.05, 4.69) is 10.3 Å².